The molecule has 0 spiro atoms. The Kier molecular flexibility index (Phi) is 6.52. The average Bonchev–Trinajstić information content (AvgIpc) is 3.07. The lowest BCUT2D eigenvalue weighted by Gasteiger charge is -2.16. The van der Waals surface area contributed by atoms with Crippen LogP contribution < -0.4 is 14.8 Å². The fraction of sp³-hybridized carbons (Fsp3) is 0.125. The zero-order valence-corrected chi connectivity index (χ0v) is 20.0. The maximum atomic E-state index is 13.3. The summed E-state index contributed by atoms with van der Waals surface area (Å²) in [4.78, 5) is 14.7. The lowest BCUT2D eigenvalue weighted by Crippen LogP contribution is -2.29. The number of rotatable bonds is 6. The van der Waals surface area contributed by atoms with E-state index in [1.165, 1.54) is 19.2 Å². The number of nitrogens with zero attached hydrogens (tertiary/aromatic N) is 3. The lowest BCUT2D eigenvalue weighted by atomic mass is 10.1. The second-order valence-electron chi connectivity index (χ2n) is 7.58. The summed E-state index contributed by atoms with van der Waals surface area (Å²) < 4.78 is 28.9. The van der Waals surface area contributed by atoms with E-state index in [2.05, 4.69) is 10.2 Å². The number of carbonyl (C=O) groups is 1. The molecule has 1 aliphatic heterocycles. The molecule has 1 amide bonds. The first-order chi connectivity index (χ1) is 16.2. The normalized spacial score (nSPS) is 15.1. The molecule has 0 unspecified atom stereocenters. The molecule has 4 rings (SSSR count). The van der Waals surface area contributed by atoms with Crippen LogP contribution in [-0.4, -0.2) is 32.9 Å². The average molecular weight is 497 g/mol. The summed E-state index contributed by atoms with van der Waals surface area (Å²) in [6.07, 6.45) is 0. The van der Waals surface area contributed by atoms with E-state index in [9.17, 15) is 13.2 Å². The molecule has 0 aliphatic carbocycles. The number of sulfonamides is 1. The van der Waals surface area contributed by atoms with E-state index in [0.717, 1.165) is 5.56 Å². The largest absolute Gasteiger partial charge is 0.495 e. The van der Waals surface area contributed by atoms with E-state index in [-0.39, 0.29) is 22.3 Å². The monoisotopic (exact) mass is 496 g/mol. The van der Waals surface area contributed by atoms with Crippen molar-refractivity contribution in [1.82, 2.24) is 0 Å². The van der Waals surface area contributed by atoms with Gasteiger partial charge in [0.15, 0.2) is 5.71 Å². The number of hydrogen-bond donors (Lipinski definition) is 1. The van der Waals surface area contributed by atoms with E-state index in [0.29, 0.717) is 34.1 Å². The number of nitrogens with two attached hydrogens (primary N) is 1. The number of fused-ring (bicyclic) bond motifs is 1. The zero-order chi connectivity index (χ0) is 24.5. The van der Waals surface area contributed by atoms with Gasteiger partial charge >= 0.3 is 0 Å². The van der Waals surface area contributed by atoms with Crippen molar-refractivity contribution >= 4 is 44.6 Å². The van der Waals surface area contributed by atoms with Crippen molar-refractivity contribution in [3.8, 4) is 5.75 Å². The zero-order valence-electron chi connectivity index (χ0n) is 18.4. The second-order valence-corrected chi connectivity index (χ2v) is 9.55. The van der Waals surface area contributed by atoms with Crippen LogP contribution in [0.2, 0.25) is 5.02 Å². The fourth-order valence-electron chi connectivity index (χ4n) is 3.61. The van der Waals surface area contributed by atoms with Crippen molar-refractivity contribution in [3.05, 3.63) is 88.4 Å². The molecule has 0 bridgehead atoms. The number of halogens is 1. The summed E-state index contributed by atoms with van der Waals surface area (Å²) in [6, 6.07) is 19.3. The molecule has 10 heteroatoms. The molecule has 2 N–H and O–H groups in total. The van der Waals surface area contributed by atoms with Crippen LogP contribution in [0.4, 0.5) is 5.69 Å². The van der Waals surface area contributed by atoms with E-state index < -0.39 is 10.0 Å². The molecule has 174 valence electrons. The molecule has 1 aliphatic rings. The lowest BCUT2D eigenvalue weighted by molar-refractivity contribution is -0.112. The Morgan fingerprint density at radius 3 is 2.50 bits per heavy atom. The minimum atomic E-state index is -4.01. The third-order valence-corrected chi connectivity index (χ3v) is 6.49. The van der Waals surface area contributed by atoms with Crippen molar-refractivity contribution in [3.63, 3.8) is 0 Å². The van der Waals surface area contributed by atoms with Gasteiger partial charge in [-0.2, -0.15) is 5.10 Å². The molecular formula is C24H21ClN4O4S. The summed E-state index contributed by atoms with van der Waals surface area (Å²) in [5.74, 6) is -0.186. The molecule has 0 fully saturated rings. The summed E-state index contributed by atoms with van der Waals surface area (Å²) in [5.41, 5.74) is 3.22. The maximum Gasteiger partial charge on any atom is 0.279 e. The minimum absolute atomic E-state index is 0.122. The van der Waals surface area contributed by atoms with Gasteiger partial charge in [-0.3, -0.25) is 4.79 Å². The molecule has 8 nitrogen and oxygen atoms in total. The highest BCUT2D eigenvalue weighted by Gasteiger charge is 2.34. The minimum Gasteiger partial charge on any atom is -0.495 e. The SMILES string of the molecule is COc1ccc(/C(C)=N/N=C2C(=O)N(Cc3ccccc3)c3ccc(Cl)cc32)cc1S(N)(=O)=O. The maximum absolute atomic E-state index is 13.3. The fourth-order valence-corrected chi connectivity index (χ4v) is 4.51. The molecule has 0 radical (unpaired) electrons. The van der Waals surface area contributed by atoms with E-state index in [4.69, 9.17) is 21.5 Å². The predicted octanol–water partition coefficient (Wildman–Crippen LogP) is 3.76. The summed E-state index contributed by atoms with van der Waals surface area (Å²) >= 11 is 6.19. The Bertz CT molecular complexity index is 1440. The van der Waals surface area contributed by atoms with Crippen molar-refractivity contribution in [1.29, 1.82) is 0 Å². The number of hydrogen-bond acceptors (Lipinski definition) is 6. The Morgan fingerprint density at radius 1 is 1.09 bits per heavy atom. The van der Waals surface area contributed by atoms with Gasteiger partial charge in [0.05, 0.1) is 25.1 Å². The summed E-state index contributed by atoms with van der Waals surface area (Å²) in [6.45, 7) is 2.02. The quantitative estimate of drug-likeness (QED) is 0.413. The van der Waals surface area contributed by atoms with Crippen molar-refractivity contribution in [2.24, 2.45) is 15.3 Å². The number of benzene rings is 3. The van der Waals surface area contributed by atoms with Gasteiger partial charge in [-0.25, -0.2) is 13.6 Å². The molecule has 3 aromatic carbocycles. The highest BCUT2D eigenvalue weighted by atomic mass is 35.5. The second kappa shape index (κ2) is 9.38. The first-order valence-corrected chi connectivity index (χ1v) is 12.1. The number of anilines is 1. The molecule has 0 aromatic heterocycles. The molecule has 0 saturated heterocycles. The van der Waals surface area contributed by atoms with Gasteiger partial charge in [0.2, 0.25) is 10.0 Å². The van der Waals surface area contributed by atoms with Crippen molar-refractivity contribution < 1.29 is 17.9 Å². The van der Waals surface area contributed by atoms with E-state index in [1.54, 1.807) is 36.1 Å². The van der Waals surface area contributed by atoms with Crippen molar-refractivity contribution in [2.75, 3.05) is 12.0 Å². The number of methoxy groups -OCH3 is 1. The molecule has 1 heterocycles. The van der Waals surface area contributed by atoms with Crippen LogP contribution in [0, 0.1) is 0 Å². The topological polar surface area (TPSA) is 114 Å². The molecule has 0 saturated carbocycles. The van der Waals surface area contributed by atoms with Crippen molar-refractivity contribution in [2.45, 2.75) is 18.4 Å². The highest BCUT2D eigenvalue weighted by molar-refractivity contribution is 7.89. The van der Waals surface area contributed by atoms with Crippen LogP contribution in [0.25, 0.3) is 0 Å². The van der Waals surface area contributed by atoms with Gasteiger partial charge in [-0.15, -0.1) is 5.10 Å². The first-order valence-electron chi connectivity index (χ1n) is 10.2. The van der Waals surface area contributed by atoms with Gasteiger partial charge < -0.3 is 9.64 Å². The van der Waals surface area contributed by atoms with Crippen LogP contribution in [0.5, 0.6) is 5.75 Å². The molecule has 3 aromatic rings. The van der Waals surface area contributed by atoms with Gasteiger partial charge in [-0.05, 0) is 54.4 Å². The third-order valence-electron chi connectivity index (χ3n) is 5.32. The molecule has 34 heavy (non-hydrogen) atoms. The molecular weight excluding hydrogens is 476 g/mol. The standard InChI is InChI=1S/C24H21ClN4O4S/c1-15(17-8-11-21(33-2)22(12-17)34(26,31)32)27-28-23-19-13-18(25)9-10-20(19)29(24(23)30)14-16-6-4-3-5-7-16/h3-13H,14H2,1-2H3,(H2,26,31,32)/b27-15+,28-23?. The Hall–Kier alpha value is -3.53. The summed E-state index contributed by atoms with van der Waals surface area (Å²) in [7, 11) is -2.66. The predicted molar refractivity (Wildman–Crippen MR) is 132 cm³/mol. The van der Waals surface area contributed by atoms with Crippen LogP contribution in [-0.2, 0) is 21.4 Å². The number of ether oxygens (including phenoxy) is 1. The first kappa shape index (κ1) is 23.6. The van der Waals surface area contributed by atoms with Crippen LogP contribution in [0.15, 0.2) is 81.8 Å². The Balaban J connectivity index is 1.73. The van der Waals surface area contributed by atoms with Gasteiger partial charge in [0, 0.05) is 10.6 Å². The van der Waals surface area contributed by atoms with Gasteiger partial charge in [0.25, 0.3) is 5.91 Å². The van der Waals surface area contributed by atoms with E-state index >= 15 is 0 Å². The van der Waals surface area contributed by atoms with Crippen LogP contribution >= 0.6 is 11.6 Å². The number of primary sulfonamides is 1. The van der Waals surface area contributed by atoms with Crippen LogP contribution in [0.3, 0.4) is 0 Å². The molecule has 0 atom stereocenters. The Labute approximate surface area is 202 Å². The highest BCUT2D eigenvalue weighted by Crippen LogP contribution is 2.33. The number of amides is 1. The van der Waals surface area contributed by atoms with Crippen LogP contribution in [0.1, 0.15) is 23.6 Å². The van der Waals surface area contributed by atoms with E-state index in [1.807, 2.05) is 30.3 Å². The summed E-state index contributed by atoms with van der Waals surface area (Å²) in [5, 5.41) is 14.2. The van der Waals surface area contributed by atoms with Gasteiger partial charge in [0.1, 0.15) is 10.6 Å². The Morgan fingerprint density at radius 2 is 1.82 bits per heavy atom. The smallest absolute Gasteiger partial charge is 0.279 e. The van der Waals surface area contributed by atoms with Gasteiger partial charge in [-0.1, -0.05) is 41.9 Å². The third kappa shape index (κ3) is 4.72. The number of carbonyl (C=O) groups excluding carboxylic acids is 1.